The van der Waals surface area contributed by atoms with Crippen molar-refractivity contribution in [1.82, 2.24) is 15.1 Å². The van der Waals surface area contributed by atoms with E-state index in [1.807, 2.05) is 18.2 Å². The summed E-state index contributed by atoms with van der Waals surface area (Å²) >= 11 is 0. The van der Waals surface area contributed by atoms with E-state index in [2.05, 4.69) is 34.6 Å². The van der Waals surface area contributed by atoms with Crippen LogP contribution in [0.25, 0.3) is 0 Å². The van der Waals surface area contributed by atoms with Gasteiger partial charge < -0.3 is 14.9 Å². The van der Waals surface area contributed by atoms with Crippen LogP contribution < -0.4 is 5.32 Å². The Morgan fingerprint density at radius 1 is 1.17 bits per heavy atom. The Morgan fingerprint density at radius 2 is 1.87 bits per heavy atom. The van der Waals surface area contributed by atoms with Gasteiger partial charge in [-0.2, -0.15) is 0 Å². The van der Waals surface area contributed by atoms with E-state index in [0.717, 1.165) is 6.42 Å². The fourth-order valence-electron chi connectivity index (χ4n) is 4.10. The second kappa shape index (κ2) is 8.07. The van der Waals surface area contributed by atoms with Crippen LogP contribution in [-0.4, -0.2) is 57.9 Å². The van der Waals surface area contributed by atoms with Crippen molar-refractivity contribution in [1.29, 1.82) is 0 Å². The highest BCUT2D eigenvalue weighted by Crippen LogP contribution is 2.25. The minimum atomic E-state index is -1.34. The third kappa shape index (κ3) is 4.31. The van der Waals surface area contributed by atoms with Crippen LogP contribution in [0, 0.1) is 5.92 Å². The Kier molecular flexibility index (Phi) is 5.47. The molecule has 7 nitrogen and oxygen atoms in total. The number of dihydropyridines is 1. The van der Waals surface area contributed by atoms with E-state index in [4.69, 9.17) is 0 Å². The summed E-state index contributed by atoms with van der Waals surface area (Å²) in [6.45, 7) is 5.96. The van der Waals surface area contributed by atoms with Gasteiger partial charge in [-0.15, -0.1) is 0 Å². The number of urea groups is 1. The number of amidine groups is 1. The van der Waals surface area contributed by atoms with Gasteiger partial charge in [0.2, 0.25) is 0 Å². The van der Waals surface area contributed by atoms with Gasteiger partial charge in [0.1, 0.15) is 11.4 Å². The van der Waals surface area contributed by atoms with Crippen molar-refractivity contribution in [3.05, 3.63) is 59.2 Å². The third-order valence-electron chi connectivity index (χ3n) is 5.84. The highest BCUT2D eigenvalue weighted by atomic mass is 16.3. The Hall–Kier alpha value is -2.93. The van der Waals surface area contributed by atoms with E-state index in [0.29, 0.717) is 38.6 Å². The SMILES string of the molecule is CC(C)(O)C(=O)N1CC=C(C2C=CC(NC(=O)N3Cc4ccccc4C3)=NC2)CC1. The molecule has 1 unspecified atom stereocenters. The molecule has 0 bridgehead atoms. The molecule has 30 heavy (non-hydrogen) atoms. The molecule has 0 spiro atoms. The van der Waals surface area contributed by atoms with Crippen LogP contribution in [0.15, 0.2) is 53.1 Å². The molecule has 1 aromatic carbocycles. The van der Waals surface area contributed by atoms with Gasteiger partial charge in [-0.25, -0.2) is 4.79 Å². The molecule has 2 N–H and O–H groups in total. The molecular formula is C23H28N4O3. The van der Waals surface area contributed by atoms with Gasteiger partial charge in [0.25, 0.3) is 5.91 Å². The molecule has 1 atom stereocenters. The van der Waals surface area contributed by atoms with Crippen LogP contribution in [0.4, 0.5) is 4.79 Å². The average Bonchev–Trinajstić information content (AvgIpc) is 3.18. The maximum atomic E-state index is 12.6. The van der Waals surface area contributed by atoms with E-state index >= 15 is 0 Å². The Bertz CT molecular complexity index is 917. The molecule has 7 heteroatoms. The summed E-state index contributed by atoms with van der Waals surface area (Å²) in [6, 6.07) is 7.96. The van der Waals surface area contributed by atoms with Crippen LogP contribution in [0.2, 0.25) is 0 Å². The van der Waals surface area contributed by atoms with E-state index in [9.17, 15) is 14.7 Å². The first-order valence-corrected chi connectivity index (χ1v) is 10.4. The zero-order valence-electron chi connectivity index (χ0n) is 17.5. The monoisotopic (exact) mass is 408 g/mol. The van der Waals surface area contributed by atoms with Gasteiger partial charge in [0.15, 0.2) is 0 Å². The number of hydrogen-bond acceptors (Lipinski definition) is 4. The largest absolute Gasteiger partial charge is 0.381 e. The van der Waals surface area contributed by atoms with Gasteiger partial charge in [-0.05, 0) is 37.5 Å². The number of nitrogens with zero attached hydrogens (tertiary/aromatic N) is 3. The topological polar surface area (TPSA) is 85.2 Å². The van der Waals surface area contributed by atoms with Crippen LogP contribution in [0.1, 0.15) is 31.4 Å². The normalized spacial score (nSPS) is 21.1. The maximum Gasteiger partial charge on any atom is 0.323 e. The van der Waals surface area contributed by atoms with Gasteiger partial charge in [-0.3, -0.25) is 15.1 Å². The summed E-state index contributed by atoms with van der Waals surface area (Å²) in [4.78, 5) is 32.8. The molecule has 0 radical (unpaired) electrons. The smallest absolute Gasteiger partial charge is 0.323 e. The molecular weight excluding hydrogens is 380 g/mol. The number of carbonyl (C=O) groups excluding carboxylic acids is 2. The second-order valence-corrected chi connectivity index (χ2v) is 8.59. The van der Waals surface area contributed by atoms with Crippen molar-refractivity contribution in [2.75, 3.05) is 19.6 Å². The Morgan fingerprint density at radius 3 is 2.40 bits per heavy atom. The lowest BCUT2D eigenvalue weighted by Gasteiger charge is -2.32. The highest BCUT2D eigenvalue weighted by Gasteiger charge is 2.31. The second-order valence-electron chi connectivity index (χ2n) is 8.59. The fourth-order valence-corrected chi connectivity index (χ4v) is 4.10. The lowest BCUT2D eigenvalue weighted by Crippen LogP contribution is -2.47. The molecule has 1 aromatic rings. The Balaban J connectivity index is 1.29. The average molecular weight is 409 g/mol. The molecule has 0 aromatic heterocycles. The van der Waals surface area contributed by atoms with E-state index < -0.39 is 5.60 Å². The van der Waals surface area contributed by atoms with Crippen molar-refractivity contribution in [3.8, 4) is 0 Å². The summed E-state index contributed by atoms with van der Waals surface area (Å²) in [5.74, 6) is 0.521. The van der Waals surface area contributed by atoms with Crippen LogP contribution >= 0.6 is 0 Å². The van der Waals surface area contributed by atoms with Crippen LogP contribution in [-0.2, 0) is 17.9 Å². The molecule has 3 amide bonds. The van der Waals surface area contributed by atoms with E-state index in [-0.39, 0.29) is 17.9 Å². The molecule has 0 saturated heterocycles. The van der Waals surface area contributed by atoms with Gasteiger partial charge in [0.05, 0.1) is 6.54 Å². The van der Waals surface area contributed by atoms with Crippen molar-refractivity contribution >= 4 is 17.8 Å². The summed E-state index contributed by atoms with van der Waals surface area (Å²) in [7, 11) is 0. The zero-order chi connectivity index (χ0) is 21.3. The number of benzene rings is 1. The molecule has 4 rings (SSSR count). The fraction of sp³-hybridized carbons (Fsp3) is 0.435. The van der Waals surface area contributed by atoms with Crippen molar-refractivity contribution in [2.45, 2.75) is 39.0 Å². The number of amides is 3. The third-order valence-corrected chi connectivity index (χ3v) is 5.84. The number of fused-ring (bicyclic) bond motifs is 1. The summed E-state index contributed by atoms with van der Waals surface area (Å²) in [6.07, 6.45) is 6.76. The minimum Gasteiger partial charge on any atom is -0.381 e. The summed E-state index contributed by atoms with van der Waals surface area (Å²) in [5.41, 5.74) is 2.28. The van der Waals surface area contributed by atoms with Gasteiger partial charge in [0, 0.05) is 32.1 Å². The maximum absolute atomic E-state index is 12.6. The van der Waals surface area contributed by atoms with Crippen LogP contribution in [0.3, 0.4) is 0 Å². The van der Waals surface area contributed by atoms with Crippen molar-refractivity contribution < 1.29 is 14.7 Å². The predicted octanol–water partition coefficient (Wildman–Crippen LogP) is 2.23. The number of rotatable bonds is 2. The molecule has 0 saturated carbocycles. The lowest BCUT2D eigenvalue weighted by molar-refractivity contribution is -0.147. The summed E-state index contributed by atoms with van der Waals surface area (Å²) < 4.78 is 0. The number of hydrogen-bond donors (Lipinski definition) is 2. The quantitative estimate of drug-likeness (QED) is 0.736. The Labute approximate surface area is 176 Å². The van der Waals surface area contributed by atoms with Crippen LogP contribution in [0.5, 0.6) is 0 Å². The number of nitrogens with one attached hydrogen (secondary N) is 1. The molecule has 3 aliphatic heterocycles. The zero-order valence-corrected chi connectivity index (χ0v) is 17.5. The van der Waals surface area contributed by atoms with Crippen molar-refractivity contribution in [2.24, 2.45) is 10.9 Å². The van der Waals surface area contributed by atoms with E-state index in [1.54, 1.807) is 9.80 Å². The predicted molar refractivity (Wildman–Crippen MR) is 115 cm³/mol. The first kappa shape index (κ1) is 20.3. The minimum absolute atomic E-state index is 0.134. The lowest BCUT2D eigenvalue weighted by atomic mass is 9.91. The standard InChI is InChI=1S/C23H28N4O3/c1-23(2,30)21(28)26-11-9-16(10-12-26)17-7-8-20(24-13-17)25-22(29)27-14-18-5-3-4-6-19(18)15-27/h3-9,17,30H,10-15H2,1-2H3,(H,24,25,29). The number of aliphatic imine (C=N–C) groups is 1. The number of aliphatic hydroxyl groups is 1. The van der Waals surface area contributed by atoms with Crippen molar-refractivity contribution in [3.63, 3.8) is 0 Å². The van der Waals surface area contributed by atoms with Gasteiger partial charge in [-0.1, -0.05) is 42.0 Å². The summed E-state index contributed by atoms with van der Waals surface area (Å²) in [5, 5.41) is 12.8. The van der Waals surface area contributed by atoms with E-state index in [1.165, 1.54) is 30.5 Å². The molecule has 0 aliphatic carbocycles. The molecule has 3 aliphatic rings. The number of carbonyl (C=O) groups is 2. The van der Waals surface area contributed by atoms with Gasteiger partial charge >= 0.3 is 6.03 Å². The highest BCUT2D eigenvalue weighted by molar-refractivity contribution is 6.04. The molecule has 0 fully saturated rings. The first-order valence-electron chi connectivity index (χ1n) is 10.4. The first-order chi connectivity index (χ1) is 14.3. The molecule has 3 heterocycles. The molecule has 158 valence electrons.